The second-order valence-electron chi connectivity index (χ2n) is 6.20. The van der Waals surface area contributed by atoms with Crippen LogP contribution in [0.5, 0.6) is 5.75 Å². The molecule has 0 heterocycles. The number of hydrogen-bond acceptors (Lipinski definition) is 6. The number of esters is 1. The van der Waals surface area contributed by atoms with Crippen molar-refractivity contribution in [2.24, 2.45) is 0 Å². The van der Waals surface area contributed by atoms with Gasteiger partial charge in [0.25, 0.3) is 5.91 Å². The lowest BCUT2D eigenvalue weighted by atomic mass is 10.00. The van der Waals surface area contributed by atoms with Crippen LogP contribution >= 0.6 is 0 Å². The first kappa shape index (κ1) is 20.0. The fourth-order valence-corrected chi connectivity index (χ4v) is 2.89. The zero-order chi connectivity index (χ0) is 19.7. The molecule has 0 atom stereocenters. The van der Waals surface area contributed by atoms with Crippen molar-refractivity contribution in [3.63, 3.8) is 0 Å². The molecule has 1 N–H and O–H groups in total. The van der Waals surface area contributed by atoms with Gasteiger partial charge in [0.1, 0.15) is 22.9 Å². The molecule has 1 aromatic carbocycles. The molecule has 1 fully saturated rings. The Kier molecular flexibility index (Phi) is 6.96. The van der Waals surface area contributed by atoms with Crippen LogP contribution < -0.4 is 10.1 Å². The maximum Gasteiger partial charge on any atom is 0.349 e. The van der Waals surface area contributed by atoms with Gasteiger partial charge in [-0.25, -0.2) is 4.79 Å². The molecule has 2 rings (SSSR count). The number of carbonyl (C=O) groups excluding carboxylic acids is 2. The van der Waals surface area contributed by atoms with Gasteiger partial charge in [0.2, 0.25) is 0 Å². The Labute approximate surface area is 158 Å². The molecule has 0 aromatic heterocycles. The first-order valence-corrected chi connectivity index (χ1v) is 8.76. The summed E-state index contributed by atoms with van der Waals surface area (Å²) in [5.41, 5.74) is -0.465. The van der Waals surface area contributed by atoms with Gasteiger partial charge in [0, 0.05) is 0 Å². The summed E-state index contributed by atoms with van der Waals surface area (Å²) in [7, 11) is 0. The molecule has 1 amide bonds. The van der Waals surface area contributed by atoms with Gasteiger partial charge in [-0.1, -0.05) is 12.1 Å². The standard InChI is InChI=1S/C20H21N3O4/c1-2-26-17-7-5-15(6-8-17)11-16(12-21)19(25)27-13-18(24)23-20(14-22)9-3-4-10-20/h5-8,11H,2-4,9-10,13H2,1H3,(H,23,24)/b16-11+. The highest BCUT2D eigenvalue weighted by molar-refractivity contribution is 5.98. The lowest BCUT2D eigenvalue weighted by Crippen LogP contribution is -2.46. The number of nitrogens with one attached hydrogen (secondary N) is 1. The number of amides is 1. The van der Waals surface area contributed by atoms with E-state index in [4.69, 9.17) is 9.47 Å². The summed E-state index contributed by atoms with van der Waals surface area (Å²) in [6.45, 7) is 1.88. The fourth-order valence-electron chi connectivity index (χ4n) is 2.89. The third kappa shape index (κ3) is 5.58. The van der Waals surface area contributed by atoms with E-state index in [0.29, 0.717) is 30.8 Å². The largest absolute Gasteiger partial charge is 0.494 e. The van der Waals surface area contributed by atoms with Crippen LogP contribution in [-0.2, 0) is 14.3 Å². The van der Waals surface area contributed by atoms with E-state index < -0.39 is 24.0 Å². The third-order valence-corrected chi connectivity index (χ3v) is 4.23. The summed E-state index contributed by atoms with van der Waals surface area (Å²) >= 11 is 0. The first-order valence-electron chi connectivity index (χ1n) is 8.76. The average molecular weight is 367 g/mol. The van der Waals surface area contributed by atoms with Gasteiger partial charge < -0.3 is 14.8 Å². The second-order valence-corrected chi connectivity index (χ2v) is 6.20. The molecule has 0 unspecified atom stereocenters. The van der Waals surface area contributed by atoms with Gasteiger partial charge in [-0.3, -0.25) is 4.79 Å². The summed E-state index contributed by atoms with van der Waals surface area (Å²) in [4.78, 5) is 24.0. The van der Waals surface area contributed by atoms with Gasteiger partial charge in [-0.05, 0) is 56.4 Å². The summed E-state index contributed by atoms with van der Waals surface area (Å²) < 4.78 is 10.2. The predicted molar refractivity (Wildman–Crippen MR) is 97.1 cm³/mol. The normalized spacial score (nSPS) is 15.3. The maximum absolute atomic E-state index is 12.1. The van der Waals surface area contributed by atoms with Crippen LogP contribution in [0.3, 0.4) is 0 Å². The molecule has 0 saturated heterocycles. The molecule has 0 spiro atoms. The number of ether oxygens (including phenoxy) is 2. The Bertz CT molecular complexity index is 794. The monoisotopic (exact) mass is 367 g/mol. The second kappa shape index (κ2) is 9.40. The molecular formula is C20H21N3O4. The molecule has 0 aliphatic heterocycles. The number of hydrogen-bond donors (Lipinski definition) is 1. The van der Waals surface area contributed by atoms with E-state index in [1.54, 1.807) is 30.3 Å². The molecule has 140 valence electrons. The van der Waals surface area contributed by atoms with Crippen LogP contribution in [0, 0.1) is 22.7 Å². The van der Waals surface area contributed by atoms with E-state index in [1.165, 1.54) is 6.08 Å². The minimum absolute atomic E-state index is 0.220. The van der Waals surface area contributed by atoms with Gasteiger partial charge >= 0.3 is 5.97 Å². The van der Waals surface area contributed by atoms with Crippen LogP contribution in [0.25, 0.3) is 6.08 Å². The molecular weight excluding hydrogens is 346 g/mol. The van der Waals surface area contributed by atoms with Gasteiger partial charge in [0.05, 0.1) is 12.7 Å². The van der Waals surface area contributed by atoms with Crippen LogP contribution in [0.2, 0.25) is 0 Å². The third-order valence-electron chi connectivity index (χ3n) is 4.23. The number of benzene rings is 1. The van der Waals surface area contributed by atoms with Crippen LogP contribution in [0.4, 0.5) is 0 Å². The van der Waals surface area contributed by atoms with Crippen molar-refractivity contribution in [2.45, 2.75) is 38.1 Å². The van der Waals surface area contributed by atoms with Crippen LogP contribution in [0.1, 0.15) is 38.2 Å². The predicted octanol–water partition coefficient (Wildman–Crippen LogP) is 2.49. The van der Waals surface area contributed by atoms with Crippen molar-refractivity contribution >= 4 is 18.0 Å². The van der Waals surface area contributed by atoms with Gasteiger partial charge in [0.15, 0.2) is 6.61 Å². The van der Waals surface area contributed by atoms with Crippen molar-refractivity contribution in [3.8, 4) is 17.9 Å². The molecule has 1 aromatic rings. The van der Waals surface area contributed by atoms with E-state index in [-0.39, 0.29) is 5.57 Å². The highest BCUT2D eigenvalue weighted by Gasteiger charge is 2.35. The number of rotatable bonds is 7. The van der Waals surface area contributed by atoms with Crippen molar-refractivity contribution in [1.82, 2.24) is 5.32 Å². The van der Waals surface area contributed by atoms with E-state index >= 15 is 0 Å². The molecule has 7 nitrogen and oxygen atoms in total. The fraction of sp³-hybridized carbons (Fsp3) is 0.400. The number of nitrogens with zero attached hydrogens (tertiary/aromatic N) is 2. The molecule has 1 aliphatic carbocycles. The van der Waals surface area contributed by atoms with Crippen molar-refractivity contribution < 1.29 is 19.1 Å². The molecule has 1 aliphatic rings. The summed E-state index contributed by atoms with van der Waals surface area (Å²) in [6.07, 6.45) is 4.30. The molecule has 1 saturated carbocycles. The van der Waals surface area contributed by atoms with Gasteiger partial charge in [-0.15, -0.1) is 0 Å². The Balaban J connectivity index is 1.93. The topological polar surface area (TPSA) is 112 Å². The molecule has 27 heavy (non-hydrogen) atoms. The lowest BCUT2D eigenvalue weighted by molar-refractivity contribution is -0.144. The first-order chi connectivity index (χ1) is 13.0. The maximum atomic E-state index is 12.1. The van der Waals surface area contributed by atoms with Crippen LogP contribution in [-0.4, -0.2) is 30.6 Å². The highest BCUT2D eigenvalue weighted by atomic mass is 16.5. The Morgan fingerprint density at radius 2 is 1.89 bits per heavy atom. The van der Waals surface area contributed by atoms with Crippen molar-refractivity contribution in [2.75, 3.05) is 13.2 Å². The van der Waals surface area contributed by atoms with E-state index in [2.05, 4.69) is 11.4 Å². The molecule has 0 radical (unpaired) electrons. The summed E-state index contributed by atoms with van der Waals surface area (Å²) in [5, 5.41) is 21.1. The summed E-state index contributed by atoms with van der Waals surface area (Å²) in [5.74, 6) is -0.755. The van der Waals surface area contributed by atoms with Crippen LogP contribution in [0.15, 0.2) is 29.8 Å². The van der Waals surface area contributed by atoms with Gasteiger partial charge in [-0.2, -0.15) is 10.5 Å². The zero-order valence-electron chi connectivity index (χ0n) is 15.2. The van der Waals surface area contributed by atoms with E-state index in [1.807, 2.05) is 6.92 Å². The van der Waals surface area contributed by atoms with Crippen molar-refractivity contribution in [3.05, 3.63) is 35.4 Å². The minimum atomic E-state index is -0.890. The van der Waals surface area contributed by atoms with E-state index in [9.17, 15) is 20.1 Å². The minimum Gasteiger partial charge on any atom is -0.494 e. The SMILES string of the molecule is CCOc1ccc(/C=C(\C#N)C(=O)OCC(=O)NC2(C#N)CCCC2)cc1. The quantitative estimate of drug-likeness (QED) is 0.450. The Morgan fingerprint density at radius 1 is 1.22 bits per heavy atom. The average Bonchev–Trinajstić information content (AvgIpc) is 3.14. The molecule has 7 heteroatoms. The molecule has 0 bridgehead atoms. The zero-order valence-corrected chi connectivity index (χ0v) is 15.2. The highest BCUT2D eigenvalue weighted by Crippen LogP contribution is 2.28. The number of carbonyl (C=O) groups is 2. The number of nitriles is 2. The lowest BCUT2D eigenvalue weighted by Gasteiger charge is -2.21. The van der Waals surface area contributed by atoms with E-state index in [0.717, 1.165) is 12.8 Å². The summed E-state index contributed by atoms with van der Waals surface area (Å²) in [6, 6.07) is 10.8. The smallest absolute Gasteiger partial charge is 0.349 e. The Morgan fingerprint density at radius 3 is 2.44 bits per heavy atom. The Hall–Kier alpha value is -3.32. The van der Waals surface area contributed by atoms with Crippen molar-refractivity contribution in [1.29, 1.82) is 10.5 Å².